The number of ether oxygens (including phenoxy) is 1. The van der Waals surface area contributed by atoms with Gasteiger partial charge in [0.2, 0.25) is 5.91 Å². The number of nitrogens with zero attached hydrogens (tertiary/aromatic N) is 1. The average molecular weight is 299 g/mol. The number of halogens is 1. The first-order valence-electron chi connectivity index (χ1n) is 6.39. The van der Waals surface area contributed by atoms with Crippen LogP contribution in [0.2, 0.25) is 5.02 Å². The molecule has 0 aliphatic carbocycles. The summed E-state index contributed by atoms with van der Waals surface area (Å²) in [4.78, 5) is 24.8. The molecule has 20 heavy (non-hydrogen) atoms. The first kappa shape index (κ1) is 16.5. The predicted molar refractivity (Wildman–Crippen MR) is 78.8 cm³/mol. The van der Waals surface area contributed by atoms with Gasteiger partial charge >= 0.3 is 5.97 Å². The largest absolute Gasteiger partial charge is 0.469 e. The molecule has 0 saturated heterocycles. The summed E-state index contributed by atoms with van der Waals surface area (Å²) in [6, 6.07) is 6.97. The Morgan fingerprint density at radius 3 is 2.75 bits per heavy atom. The third-order valence-corrected chi connectivity index (χ3v) is 3.02. The second-order valence-corrected chi connectivity index (χ2v) is 4.69. The van der Waals surface area contributed by atoms with Crippen molar-refractivity contribution in [2.45, 2.75) is 13.3 Å². The van der Waals surface area contributed by atoms with Crippen LogP contribution in [0.1, 0.15) is 13.3 Å². The molecule has 0 aliphatic rings. The Balaban J connectivity index is 2.44. The molecular formula is C14H19ClN2O3. The molecule has 0 aromatic heterocycles. The molecule has 0 radical (unpaired) electrons. The molecule has 6 heteroatoms. The maximum absolute atomic E-state index is 11.9. The molecule has 0 fully saturated rings. The lowest BCUT2D eigenvalue weighted by atomic mass is 10.3. The summed E-state index contributed by atoms with van der Waals surface area (Å²) >= 11 is 5.85. The SMILES string of the molecule is CCN(CCC(=O)OC)CC(=O)Nc1cccc(Cl)c1. The highest BCUT2D eigenvalue weighted by Gasteiger charge is 2.11. The van der Waals surface area contributed by atoms with Gasteiger partial charge in [-0.25, -0.2) is 0 Å². The number of methoxy groups -OCH3 is 1. The van der Waals surface area contributed by atoms with Crippen LogP contribution in [0, 0.1) is 0 Å². The summed E-state index contributed by atoms with van der Waals surface area (Å²) < 4.78 is 4.58. The Kier molecular flexibility index (Phi) is 7.04. The third kappa shape index (κ3) is 6.04. The van der Waals surface area contributed by atoms with Gasteiger partial charge in [-0.2, -0.15) is 0 Å². The van der Waals surface area contributed by atoms with Crippen molar-refractivity contribution in [2.75, 3.05) is 32.1 Å². The lowest BCUT2D eigenvalue weighted by molar-refractivity contribution is -0.141. The van der Waals surface area contributed by atoms with Gasteiger partial charge in [0.25, 0.3) is 0 Å². The summed E-state index contributed by atoms with van der Waals surface area (Å²) in [5, 5.41) is 3.34. The molecular weight excluding hydrogens is 280 g/mol. The minimum absolute atomic E-state index is 0.140. The van der Waals surface area contributed by atoms with E-state index in [0.717, 1.165) is 0 Å². The van der Waals surface area contributed by atoms with Gasteiger partial charge in [0.15, 0.2) is 0 Å². The number of hydrogen-bond acceptors (Lipinski definition) is 4. The number of rotatable bonds is 7. The number of hydrogen-bond donors (Lipinski definition) is 1. The van der Waals surface area contributed by atoms with Crippen molar-refractivity contribution in [1.29, 1.82) is 0 Å². The van der Waals surface area contributed by atoms with Crippen molar-refractivity contribution in [3.8, 4) is 0 Å². The molecule has 1 aromatic rings. The highest BCUT2D eigenvalue weighted by atomic mass is 35.5. The van der Waals surface area contributed by atoms with E-state index in [0.29, 0.717) is 23.8 Å². The fraction of sp³-hybridized carbons (Fsp3) is 0.429. The van der Waals surface area contributed by atoms with Crippen molar-refractivity contribution in [2.24, 2.45) is 0 Å². The number of benzene rings is 1. The molecule has 5 nitrogen and oxygen atoms in total. The molecule has 0 spiro atoms. The number of carbonyl (C=O) groups excluding carboxylic acids is 2. The van der Waals surface area contributed by atoms with E-state index in [1.54, 1.807) is 24.3 Å². The van der Waals surface area contributed by atoms with Gasteiger partial charge in [-0.3, -0.25) is 14.5 Å². The van der Waals surface area contributed by atoms with Crippen LogP contribution in [-0.4, -0.2) is 43.5 Å². The maximum Gasteiger partial charge on any atom is 0.306 e. The minimum atomic E-state index is -0.279. The zero-order valence-electron chi connectivity index (χ0n) is 11.7. The number of likely N-dealkylation sites (N-methyl/N-ethyl adjacent to an activating group) is 1. The van der Waals surface area contributed by atoms with Gasteiger partial charge in [0.05, 0.1) is 20.1 Å². The van der Waals surface area contributed by atoms with E-state index in [1.807, 2.05) is 11.8 Å². The van der Waals surface area contributed by atoms with Crippen molar-refractivity contribution < 1.29 is 14.3 Å². The summed E-state index contributed by atoms with van der Waals surface area (Å²) in [6.07, 6.45) is 0.273. The molecule has 0 atom stereocenters. The molecule has 0 bridgehead atoms. The van der Waals surface area contributed by atoms with Gasteiger partial charge in [0.1, 0.15) is 0 Å². The van der Waals surface area contributed by atoms with E-state index in [9.17, 15) is 9.59 Å². The summed E-state index contributed by atoms with van der Waals surface area (Å²) in [5.74, 6) is -0.419. The van der Waals surface area contributed by atoms with E-state index >= 15 is 0 Å². The molecule has 0 unspecified atom stereocenters. The fourth-order valence-corrected chi connectivity index (χ4v) is 1.86. The fourth-order valence-electron chi connectivity index (χ4n) is 1.67. The number of anilines is 1. The summed E-state index contributed by atoms with van der Waals surface area (Å²) in [7, 11) is 1.35. The molecule has 0 heterocycles. The third-order valence-electron chi connectivity index (χ3n) is 2.78. The zero-order chi connectivity index (χ0) is 15.0. The van der Waals surface area contributed by atoms with Crippen molar-refractivity contribution in [3.05, 3.63) is 29.3 Å². The van der Waals surface area contributed by atoms with Crippen LogP contribution in [-0.2, 0) is 14.3 Å². The highest BCUT2D eigenvalue weighted by Crippen LogP contribution is 2.14. The molecule has 0 aliphatic heterocycles. The Hall–Kier alpha value is -1.59. The van der Waals surface area contributed by atoms with Crippen molar-refractivity contribution in [3.63, 3.8) is 0 Å². The molecule has 110 valence electrons. The quantitative estimate of drug-likeness (QED) is 0.784. The zero-order valence-corrected chi connectivity index (χ0v) is 12.4. The van der Waals surface area contributed by atoms with Crippen LogP contribution in [0.4, 0.5) is 5.69 Å². The van der Waals surface area contributed by atoms with Crippen LogP contribution in [0.15, 0.2) is 24.3 Å². The lowest BCUT2D eigenvalue weighted by Crippen LogP contribution is -2.34. The van der Waals surface area contributed by atoms with Gasteiger partial charge < -0.3 is 10.1 Å². The van der Waals surface area contributed by atoms with Crippen molar-refractivity contribution >= 4 is 29.2 Å². The van der Waals surface area contributed by atoms with Gasteiger partial charge in [-0.15, -0.1) is 0 Å². The Bertz CT molecular complexity index is 465. The van der Waals surface area contributed by atoms with Crippen molar-refractivity contribution in [1.82, 2.24) is 4.90 Å². The first-order valence-corrected chi connectivity index (χ1v) is 6.77. The topological polar surface area (TPSA) is 58.6 Å². The number of amides is 1. The average Bonchev–Trinajstić information content (AvgIpc) is 2.42. The Morgan fingerprint density at radius 2 is 2.15 bits per heavy atom. The number of carbonyl (C=O) groups is 2. The lowest BCUT2D eigenvalue weighted by Gasteiger charge is -2.19. The van der Waals surface area contributed by atoms with E-state index in [4.69, 9.17) is 11.6 Å². The first-order chi connectivity index (χ1) is 9.55. The molecule has 1 N–H and O–H groups in total. The molecule has 1 aromatic carbocycles. The predicted octanol–water partition coefficient (Wildman–Crippen LogP) is 2.16. The smallest absolute Gasteiger partial charge is 0.306 e. The highest BCUT2D eigenvalue weighted by molar-refractivity contribution is 6.30. The van der Waals surface area contributed by atoms with E-state index < -0.39 is 0 Å². The molecule has 1 rings (SSSR count). The normalized spacial score (nSPS) is 10.4. The van der Waals surface area contributed by atoms with E-state index in [-0.39, 0.29) is 24.8 Å². The Labute approximate surface area is 123 Å². The van der Waals surface area contributed by atoms with Gasteiger partial charge in [0, 0.05) is 17.3 Å². The van der Waals surface area contributed by atoms with Gasteiger partial charge in [-0.1, -0.05) is 24.6 Å². The summed E-state index contributed by atoms with van der Waals surface area (Å²) in [6.45, 7) is 3.33. The number of esters is 1. The second-order valence-electron chi connectivity index (χ2n) is 4.25. The van der Waals surface area contributed by atoms with E-state index in [2.05, 4.69) is 10.1 Å². The van der Waals surface area contributed by atoms with Gasteiger partial charge in [-0.05, 0) is 24.7 Å². The summed E-state index contributed by atoms with van der Waals surface area (Å²) in [5.41, 5.74) is 0.659. The number of nitrogens with one attached hydrogen (secondary N) is 1. The van der Waals surface area contributed by atoms with Crippen LogP contribution in [0.3, 0.4) is 0 Å². The monoisotopic (exact) mass is 298 g/mol. The second kappa shape index (κ2) is 8.55. The van der Waals surface area contributed by atoms with Crippen LogP contribution < -0.4 is 5.32 Å². The standard InChI is InChI=1S/C14H19ClN2O3/c1-3-17(8-7-14(19)20-2)10-13(18)16-12-6-4-5-11(15)9-12/h4-6,9H,3,7-8,10H2,1-2H3,(H,16,18). The maximum atomic E-state index is 11.9. The van der Waals surface area contributed by atoms with Crippen LogP contribution in [0.25, 0.3) is 0 Å². The van der Waals surface area contributed by atoms with E-state index in [1.165, 1.54) is 7.11 Å². The minimum Gasteiger partial charge on any atom is -0.469 e. The molecule has 1 amide bonds. The van der Waals surface area contributed by atoms with Crippen LogP contribution >= 0.6 is 11.6 Å². The molecule has 0 saturated carbocycles. The van der Waals surface area contributed by atoms with Crippen LogP contribution in [0.5, 0.6) is 0 Å². The Morgan fingerprint density at radius 1 is 1.40 bits per heavy atom.